The minimum atomic E-state index is -4.57. The molecule has 28 heavy (non-hydrogen) atoms. The second kappa shape index (κ2) is 7.14. The van der Waals surface area contributed by atoms with E-state index in [1.54, 1.807) is 6.92 Å². The number of alkyl halides is 3. The fourth-order valence-corrected chi connectivity index (χ4v) is 2.91. The molecule has 1 saturated carbocycles. The van der Waals surface area contributed by atoms with Crippen LogP contribution >= 0.6 is 0 Å². The van der Waals surface area contributed by atoms with Crippen molar-refractivity contribution in [3.05, 3.63) is 59.4 Å². The van der Waals surface area contributed by atoms with Gasteiger partial charge in [-0.05, 0) is 25.3 Å². The summed E-state index contributed by atoms with van der Waals surface area (Å²) in [5.41, 5.74) is 0.942. The lowest BCUT2D eigenvalue weighted by molar-refractivity contribution is -0.137. The van der Waals surface area contributed by atoms with E-state index >= 15 is 0 Å². The van der Waals surface area contributed by atoms with Crippen LogP contribution in [0.25, 0.3) is 0 Å². The SMILES string of the molecule is CC(Nc1nc(Nc2cc(C3CC3)[nH]n2)ncc1C(F)(F)F)c1ccccc1. The van der Waals surface area contributed by atoms with Crippen LogP contribution in [0.4, 0.5) is 30.8 Å². The summed E-state index contributed by atoms with van der Waals surface area (Å²) in [5.74, 6) is 0.730. The summed E-state index contributed by atoms with van der Waals surface area (Å²) in [6.07, 6.45) is -1.56. The van der Waals surface area contributed by atoms with Gasteiger partial charge in [0.05, 0.1) is 0 Å². The summed E-state index contributed by atoms with van der Waals surface area (Å²) >= 11 is 0. The van der Waals surface area contributed by atoms with Crippen LogP contribution in [0.5, 0.6) is 0 Å². The summed E-state index contributed by atoms with van der Waals surface area (Å²) in [6, 6.07) is 10.7. The maximum atomic E-state index is 13.4. The molecule has 2 heterocycles. The fourth-order valence-electron chi connectivity index (χ4n) is 2.91. The van der Waals surface area contributed by atoms with Gasteiger partial charge in [0.25, 0.3) is 0 Å². The maximum Gasteiger partial charge on any atom is 0.421 e. The quantitative estimate of drug-likeness (QED) is 0.553. The third-order valence-corrected chi connectivity index (χ3v) is 4.60. The molecule has 9 heteroatoms. The van der Waals surface area contributed by atoms with Crippen LogP contribution in [-0.4, -0.2) is 20.2 Å². The highest BCUT2D eigenvalue weighted by Gasteiger charge is 2.35. The van der Waals surface area contributed by atoms with Crippen molar-refractivity contribution in [1.29, 1.82) is 0 Å². The Hall–Kier alpha value is -3.10. The molecule has 0 aliphatic heterocycles. The Labute approximate surface area is 159 Å². The molecule has 3 N–H and O–H groups in total. The molecule has 1 aromatic carbocycles. The number of anilines is 3. The van der Waals surface area contributed by atoms with Gasteiger partial charge in [0.1, 0.15) is 11.4 Å². The van der Waals surface area contributed by atoms with Gasteiger partial charge in [-0.3, -0.25) is 5.10 Å². The van der Waals surface area contributed by atoms with Crippen molar-refractivity contribution in [2.45, 2.75) is 37.9 Å². The average Bonchev–Trinajstić information content (AvgIpc) is 3.41. The standard InChI is InChI=1S/C19H19F3N6/c1-11(12-5-3-2-4-6-12)24-17-14(19(20,21)22)10-23-18(26-17)25-16-9-15(27-28-16)13-7-8-13/h2-6,9-11,13H,7-8H2,1H3,(H3,23,24,25,26,27,28). The van der Waals surface area contributed by atoms with Crippen molar-refractivity contribution in [1.82, 2.24) is 20.2 Å². The first-order valence-corrected chi connectivity index (χ1v) is 8.98. The molecule has 0 saturated heterocycles. The van der Waals surface area contributed by atoms with Crippen molar-refractivity contribution in [2.75, 3.05) is 10.6 Å². The highest BCUT2D eigenvalue weighted by molar-refractivity contribution is 5.55. The lowest BCUT2D eigenvalue weighted by Gasteiger charge is -2.19. The second-order valence-corrected chi connectivity index (χ2v) is 6.84. The Bertz CT molecular complexity index is 950. The predicted octanol–water partition coefficient (Wildman–Crippen LogP) is 5.01. The Morgan fingerprint density at radius 3 is 2.61 bits per heavy atom. The molecule has 146 valence electrons. The number of hydrogen-bond donors (Lipinski definition) is 3. The molecule has 1 unspecified atom stereocenters. The van der Waals surface area contributed by atoms with E-state index < -0.39 is 11.7 Å². The fraction of sp³-hybridized carbons (Fsp3) is 0.316. The van der Waals surface area contributed by atoms with Gasteiger partial charge in [-0.15, -0.1) is 0 Å². The number of H-pyrrole nitrogens is 1. The van der Waals surface area contributed by atoms with Crippen LogP contribution in [0.2, 0.25) is 0 Å². The van der Waals surface area contributed by atoms with E-state index in [1.807, 2.05) is 36.4 Å². The van der Waals surface area contributed by atoms with Gasteiger partial charge < -0.3 is 10.6 Å². The maximum absolute atomic E-state index is 13.4. The molecule has 3 aromatic rings. The number of aromatic amines is 1. The molecule has 0 spiro atoms. The first-order chi connectivity index (χ1) is 13.4. The molecule has 6 nitrogen and oxygen atoms in total. The number of benzene rings is 1. The average molecular weight is 388 g/mol. The van der Waals surface area contributed by atoms with E-state index in [0.29, 0.717) is 11.7 Å². The van der Waals surface area contributed by atoms with Gasteiger partial charge in [0.15, 0.2) is 5.82 Å². The molecule has 0 bridgehead atoms. The van der Waals surface area contributed by atoms with Gasteiger partial charge in [-0.1, -0.05) is 30.3 Å². The molecule has 0 radical (unpaired) electrons. The minimum Gasteiger partial charge on any atom is -0.363 e. The van der Waals surface area contributed by atoms with Crippen LogP contribution in [0.15, 0.2) is 42.6 Å². The van der Waals surface area contributed by atoms with E-state index in [1.165, 1.54) is 0 Å². The number of halogens is 3. The Balaban J connectivity index is 1.59. The minimum absolute atomic E-state index is 0.0459. The van der Waals surface area contributed by atoms with E-state index in [4.69, 9.17) is 0 Å². The van der Waals surface area contributed by atoms with E-state index in [0.717, 1.165) is 30.3 Å². The summed E-state index contributed by atoms with van der Waals surface area (Å²) < 4.78 is 40.2. The van der Waals surface area contributed by atoms with Crippen molar-refractivity contribution in [3.8, 4) is 0 Å². The second-order valence-electron chi connectivity index (χ2n) is 6.84. The predicted molar refractivity (Wildman–Crippen MR) is 99.4 cm³/mol. The van der Waals surface area contributed by atoms with Gasteiger partial charge in [0, 0.05) is 29.9 Å². The summed E-state index contributed by atoms with van der Waals surface area (Å²) in [5, 5.41) is 12.8. The van der Waals surface area contributed by atoms with Crippen molar-refractivity contribution in [2.24, 2.45) is 0 Å². The van der Waals surface area contributed by atoms with Crippen molar-refractivity contribution >= 4 is 17.6 Å². The molecule has 1 fully saturated rings. The number of rotatable bonds is 6. The lowest BCUT2D eigenvalue weighted by Crippen LogP contribution is -2.16. The molecular formula is C19H19F3N6. The number of aromatic nitrogens is 4. The van der Waals surface area contributed by atoms with Crippen LogP contribution in [0, 0.1) is 0 Å². The van der Waals surface area contributed by atoms with Crippen LogP contribution < -0.4 is 10.6 Å². The Morgan fingerprint density at radius 2 is 1.93 bits per heavy atom. The van der Waals surface area contributed by atoms with E-state index in [9.17, 15) is 13.2 Å². The number of nitrogens with zero attached hydrogens (tertiary/aromatic N) is 3. The van der Waals surface area contributed by atoms with E-state index in [-0.39, 0.29) is 17.8 Å². The van der Waals surface area contributed by atoms with Crippen molar-refractivity contribution in [3.63, 3.8) is 0 Å². The monoisotopic (exact) mass is 388 g/mol. The zero-order valence-electron chi connectivity index (χ0n) is 15.1. The molecule has 1 atom stereocenters. The number of nitrogens with one attached hydrogen (secondary N) is 3. The summed E-state index contributed by atoms with van der Waals surface area (Å²) in [6.45, 7) is 1.78. The lowest BCUT2D eigenvalue weighted by atomic mass is 10.1. The Morgan fingerprint density at radius 1 is 1.18 bits per heavy atom. The zero-order valence-corrected chi connectivity index (χ0v) is 15.1. The van der Waals surface area contributed by atoms with E-state index in [2.05, 4.69) is 30.8 Å². The van der Waals surface area contributed by atoms with Gasteiger partial charge in [0.2, 0.25) is 5.95 Å². The van der Waals surface area contributed by atoms with Gasteiger partial charge in [-0.25, -0.2) is 4.98 Å². The topological polar surface area (TPSA) is 78.5 Å². The molecule has 2 aromatic heterocycles. The molecular weight excluding hydrogens is 369 g/mol. The molecule has 1 aliphatic rings. The highest BCUT2D eigenvalue weighted by Crippen LogP contribution is 2.40. The first kappa shape index (κ1) is 18.3. The first-order valence-electron chi connectivity index (χ1n) is 8.98. The van der Waals surface area contributed by atoms with Crippen LogP contribution in [0.1, 0.15) is 48.5 Å². The molecule has 0 amide bonds. The number of hydrogen-bond acceptors (Lipinski definition) is 5. The molecule has 4 rings (SSSR count). The highest BCUT2D eigenvalue weighted by atomic mass is 19.4. The summed E-state index contributed by atoms with van der Waals surface area (Å²) in [4.78, 5) is 7.88. The van der Waals surface area contributed by atoms with Crippen LogP contribution in [0.3, 0.4) is 0 Å². The van der Waals surface area contributed by atoms with Crippen LogP contribution in [-0.2, 0) is 6.18 Å². The Kier molecular flexibility index (Phi) is 4.66. The third-order valence-electron chi connectivity index (χ3n) is 4.60. The van der Waals surface area contributed by atoms with Crippen molar-refractivity contribution < 1.29 is 13.2 Å². The zero-order chi connectivity index (χ0) is 19.7. The van der Waals surface area contributed by atoms with Gasteiger partial charge in [-0.2, -0.15) is 23.3 Å². The molecule has 1 aliphatic carbocycles. The normalized spacial score (nSPS) is 15.3. The largest absolute Gasteiger partial charge is 0.421 e. The third kappa shape index (κ3) is 4.08. The van der Waals surface area contributed by atoms with Gasteiger partial charge >= 0.3 is 6.18 Å². The summed E-state index contributed by atoms with van der Waals surface area (Å²) in [7, 11) is 0. The smallest absolute Gasteiger partial charge is 0.363 e.